The number of nitrogens with zero attached hydrogens (tertiary/aromatic N) is 1. The van der Waals surface area contributed by atoms with Crippen molar-refractivity contribution in [1.29, 1.82) is 0 Å². The van der Waals surface area contributed by atoms with Crippen LogP contribution in [-0.4, -0.2) is 42.3 Å². The third-order valence-corrected chi connectivity index (χ3v) is 3.45. The lowest BCUT2D eigenvalue weighted by atomic mass is 9.77. The van der Waals surface area contributed by atoms with Crippen molar-refractivity contribution in [1.82, 2.24) is 10.2 Å². The van der Waals surface area contributed by atoms with Gasteiger partial charge in [0, 0.05) is 12.6 Å². The summed E-state index contributed by atoms with van der Waals surface area (Å²) in [6.45, 7) is 8.02. The Morgan fingerprint density at radius 1 is 1.50 bits per heavy atom. The number of likely N-dealkylation sites (tertiary alicyclic amines) is 1. The standard InChI is InChI=1S/C12H24N2O2/c1-12(2,3)10-7-9(8-13-4)5-6-14(10)11(15)16/h9-10,13H,5-8H2,1-4H3,(H,15,16). The molecule has 0 aromatic rings. The van der Waals surface area contributed by atoms with E-state index in [0.29, 0.717) is 12.5 Å². The Morgan fingerprint density at radius 3 is 2.56 bits per heavy atom. The number of hydrogen-bond acceptors (Lipinski definition) is 2. The minimum atomic E-state index is -0.775. The molecule has 2 atom stereocenters. The van der Waals surface area contributed by atoms with Crippen LogP contribution in [-0.2, 0) is 0 Å². The van der Waals surface area contributed by atoms with Crippen molar-refractivity contribution in [2.75, 3.05) is 20.1 Å². The smallest absolute Gasteiger partial charge is 0.407 e. The van der Waals surface area contributed by atoms with E-state index in [-0.39, 0.29) is 11.5 Å². The van der Waals surface area contributed by atoms with Gasteiger partial charge in [0.05, 0.1) is 0 Å². The molecule has 4 nitrogen and oxygen atoms in total. The first-order valence-corrected chi connectivity index (χ1v) is 6.00. The van der Waals surface area contributed by atoms with Crippen LogP contribution in [0.3, 0.4) is 0 Å². The zero-order valence-corrected chi connectivity index (χ0v) is 10.8. The molecular weight excluding hydrogens is 204 g/mol. The number of piperidine rings is 1. The molecule has 1 rings (SSSR count). The van der Waals surface area contributed by atoms with Gasteiger partial charge < -0.3 is 15.3 Å². The molecule has 16 heavy (non-hydrogen) atoms. The van der Waals surface area contributed by atoms with E-state index in [1.54, 1.807) is 4.90 Å². The van der Waals surface area contributed by atoms with E-state index in [0.717, 1.165) is 19.4 Å². The second-order valence-electron chi connectivity index (χ2n) is 5.81. The molecule has 0 bridgehead atoms. The van der Waals surface area contributed by atoms with Crippen LogP contribution in [0.25, 0.3) is 0 Å². The average Bonchev–Trinajstić information content (AvgIpc) is 2.16. The molecule has 1 aliphatic rings. The van der Waals surface area contributed by atoms with Gasteiger partial charge in [-0.25, -0.2) is 4.79 Å². The summed E-state index contributed by atoms with van der Waals surface area (Å²) in [5.74, 6) is 0.602. The molecule has 1 amide bonds. The summed E-state index contributed by atoms with van der Waals surface area (Å²) in [4.78, 5) is 12.8. The number of rotatable bonds is 2. The second kappa shape index (κ2) is 5.04. The summed E-state index contributed by atoms with van der Waals surface area (Å²) in [7, 11) is 1.95. The highest BCUT2D eigenvalue weighted by Gasteiger charge is 2.38. The molecule has 94 valence electrons. The van der Waals surface area contributed by atoms with Crippen molar-refractivity contribution < 1.29 is 9.90 Å². The molecule has 1 fully saturated rings. The highest BCUT2D eigenvalue weighted by molar-refractivity contribution is 5.65. The molecule has 0 aliphatic carbocycles. The van der Waals surface area contributed by atoms with Crippen LogP contribution in [0.5, 0.6) is 0 Å². The van der Waals surface area contributed by atoms with Crippen molar-refractivity contribution in [3.8, 4) is 0 Å². The van der Waals surface area contributed by atoms with Crippen molar-refractivity contribution in [3.63, 3.8) is 0 Å². The molecule has 2 unspecified atom stereocenters. The topological polar surface area (TPSA) is 52.6 Å². The molecule has 0 aromatic heterocycles. The molecular formula is C12H24N2O2. The van der Waals surface area contributed by atoms with Crippen LogP contribution in [0.1, 0.15) is 33.6 Å². The van der Waals surface area contributed by atoms with E-state index in [1.807, 2.05) is 7.05 Å². The van der Waals surface area contributed by atoms with Gasteiger partial charge in [-0.3, -0.25) is 0 Å². The monoisotopic (exact) mass is 228 g/mol. The van der Waals surface area contributed by atoms with E-state index in [1.165, 1.54) is 0 Å². The highest BCUT2D eigenvalue weighted by atomic mass is 16.4. The lowest BCUT2D eigenvalue weighted by Gasteiger charge is -2.44. The second-order valence-corrected chi connectivity index (χ2v) is 5.81. The molecule has 2 N–H and O–H groups in total. The van der Waals surface area contributed by atoms with E-state index in [2.05, 4.69) is 26.1 Å². The Bertz CT molecular complexity index is 248. The summed E-state index contributed by atoms with van der Waals surface area (Å²) >= 11 is 0. The van der Waals surface area contributed by atoms with Gasteiger partial charge in [-0.05, 0) is 37.8 Å². The van der Waals surface area contributed by atoms with Gasteiger partial charge in [-0.1, -0.05) is 20.8 Å². The van der Waals surface area contributed by atoms with Crippen molar-refractivity contribution in [2.24, 2.45) is 11.3 Å². The summed E-state index contributed by atoms with van der Waals surface area (Å²) < 4.78 is 0. The fourth-order valence-corrected chi connectivity index (χ4v) is 2.56. The summed E-state index contributed by atoms with van der Waals surface area (Å²) in [6.07, 6.45) is 1.17. The minimum absolute atomic E-state index is 0.0187. The molecule has 1 saturated heterocycles. The fraction of sp³-hybridized carbons (Fsp3) is 0.917. The van der Waals surface area contributed by atoms with Crippen molar-refractivity contribution in [3.05, 3.63) is 0 Å². The Hall–Kier alpha value is -0.770. The maximum atomic E-state index is 11.2. The summed E-state index contributed by atoms with van der Waals surface area (Å²) in [5, 5.41) is 12.4. The Morgan fingerprint density at radius 2 is 2.12 bits per heavy atom. The first kappa shape index (κ1) is 13.3. The Labute approximate surface area is 98.0 Å². The lowest BCUT2D eigenvalue weighted by Crippen LogP contribution is -2.52. The Balaban J connectivity index is 2.74. The van der Waals surface area contributed by atoms with Gasteiger partial charge in [0.2, 0.25) is 0 Å². The molecule has 1 aliphatic heterocycles. The minimum Gasteiger partial charge on any atom is -0.465 e. The number of carbonyl (C=O) groups is 1. The number of nitrogens with one attached hydrogen (secondary N) is 1. The van der Waals surface area contributed by atoms with Crippen LogP contribution >= 0.6 is 0 Å². The highest BCUT2D eigenvalue weighted by Crippen LogP contribution is 2.34. The third-order valence-electron chi connectivity index (χ3n) is 3.45. The Kier molecular flexibility index (Phi) is 4.19. The molecule has 0 radical (unpaired) electrons. The molecule has 1 heterocycles. The van der Waals surface area contributed by atoms with Gasteiger partial charge in [0.25, 0.3) is 0 Å². The van der Waals surface area contributed by atoms with Gasteiger partial charge in [0.1, 0.15) is 0 Å². The van der Waals surface area contributed by atoms with E-state index < -0.39 is 6.09 Å². The molecule has 0 aromatic carbocycles. The van der Waals surface area contributed by atoms with Crippen LogP contribution in [0, 0.1) is 11.3 Å². The third kappa shape index (κ3) is 3.11. The van der Waals surface area contributed by atoms with Crippen LogP contribution in [0.2, 0.25) is 0 Å². The first-order valence-electron chi connectivity index (χ1n) is 6.00. The summed E-state index contributed by atoms with van der Waals surface area (Å²) in [5.41, 5.74) is 0.0187. The van der Waals surface area contributed by atoms with Crippen LogP contribution in [0.15, 0.2) is 0 Å². The average molecular weight is 228 g/mol. The number of hydrogen-bond donors (Lipinski definition) is 2. The van der Waals surface area contributed by atoms with Gasteiger partial charge in [-0.15, -0.1) is 0 Å². The van der Waals surface area contributed by atoms with Crippen molar-refractivity contribution in [2.45, 2.75) is 39.7 Å². The zero-order chi connectivity index (χ0) is 12.3. The number of amides is 1. The van der Waals surface area contributed by atoms with E-state index in [4.69, 9.17) is 0 Å². The fourth-order valence-electron chi connectivity index (χ4n) is 2.56. The van der Waals surface area contributed by atoms with Gasteiger partial charge in [0.15, 0.2) is 0 Å². The van der Waals surface area contributed by atoms with E-state index >= 15 is 0 Å². The van der Waals surface area contributed by atoms with Crippen LogP contribution < -0.4 is 5.32 Å². The number of carboxylic acid groups (broad SMARTS) is 1. The molecule has 0 saturated carbocycles. The van der Waals surface area contributed by atoms with E-state index in [9.17, 15) is 9.90 Å². The predicted octanol–water partition coefficient (Wildman–Crippen LogP) is 2.01. The quantitative estimate of drug-likeness (QED) is 0.760. The predicted molar refractivity (Wildman–Crippen MR) is 64.6 cm³/mol. The largest absolute Gasteiger partial charge is 0.465 e. The molecule has 4 heteroatoms. The van der Waals surface area contributed by atoms with Crippen molar-refractivity contribution >= 4 is 6.09 Å². The maximum Gasteiger partial charge on any atom is 0.407 e. The van der Waals surface area contributed by atoms with Gasteiger partial charge >= 0.3 is 6.09 Å². The summed E-state index contributed by atoms with van der Waals surface area (Å²) in [6, 6.07) is 0.136. The van der Waals surface area contributed by atoms with Gasteiger partial charge in [-0.2, -0.15) is 0 Å². The normalized spacial score (nSPS) is 26.9. The lowest BCUT2D eigenvalue weighted by molar-refractivity contribution is 0.0410. The SMILES string of the molecule is CNCC1CCN(C(=O)O)C(C(C)(C)C)C1. The zero-order valence-electron chi connectivity index (χ0n) is 10.8. The first-order chi connectivity index (χ1) is 7.36. The molecule has 0 spiro atoms. The maximum absolute atomic E-state index is 11.2. The van der Waals surface area contributed by atoms with Crippen LogP contribution in [0.4, 0.5) is 4.79 Å².